The molecule has 0 aromatic carbocycles. The van der Waals surface area contributed by atoms with Crippen LogP contribution in [-0.4, -0.2) is 35.9 Å². The molecule has 5 heteroatoms. The van der Waals surface area contributed by atoms with Crippen LogP contribution in [0.25, 0.3) is 0 Å². The molecular formula is C13H20O5. The lowest BCUT2D eigenvalue weighted by atomic mass is 9.65. The van der Waals surface area contributed by atoms with Gasteiger partial charge in [0, 0.05) is 19.4 Å². The lowest BCUT2D eigenvalue weighted by Crippen LogP contribution is -2.46. The molecule has 5 nitrogen and oxygen atoms in total. The molecule has 0 aromatic rings. The number of carbonyl (C=O) groups is 2. The summed E-state index contributed by atoms with van der Waals surface area (Å²) in [5.74, 6) is -0.815. The Morgan fingerprint density at radius 1 is 1.50 bits per heavy atom. The van der Waals surface area contributed by atoms with Crippen LogP contribution in [0.5, 0.6) is 0 Å². The van der Waals surface area contributed by atoms with E-state index >= 15 is 0 Å². The lowest BCUT2D eigenvalue weighted by molar-refractivity contribution is -0.158. The number of fused-ring (bicyclic) bond motifs is 1. The summed E-state index contributed by atoms with van der Waals surface area (Å²) in [5.41, 5.74) is 0. The first-order valence-electron chi connectivity index (χ1n) is 6.44. The molecule has 2 aliphatic rings. The van der Waals surface area contributed by atoms with Crippen molar-refractivity contribution in [1.82, 2.24) is 0 Å². The first-order chi connectivity index (χ1) is 8.45. The third-order valence-corrected chi connectivity index (χ3v) is 4.38. The SMILES string of the molecule is CC(=O)OC1CC2C(=O)OC(C)C2C(CO)C1C. The Balaban J connectivity index is 2.22. The summed E-state index contributed by atoms with van der Waals surface area (Å²) in [6.45, 7) is 5.17. The van der Waals surface area contributed by atoms with E-state index in [1.165, 1.54) is 6.92 Å². The van der Waals surface area contributed by atoms with E-state index in [-0.39, 0.29) is 54.4 Å². The molecule has 0 bridgehead atoms. The predicted octanol–water partition coefficient (Wildman–Crippen LogP) is 0.744. The molecule has 0 aromatic heterocycles. The monoisotopic (exact) mass is 256 g/mol. The second kappa shape index (κ2) is 4.88. The van der Waals surface area contributed by atoms with Crippen molar-refractivity contribution in [3.63, 3.8) is 0 Å². The van der Waals surface area contributed by atoms with Crippen molar-refractivity contribution in [2.45, 2.75) is 39.4 Å². The summed E-state index contributed by atoms with van der Waals surface area (Å²) in [7, 11) is 0. The smallest absolute Gasteiger partial charge is 0.309 e. The van der Waals surface area contributed by atoms with E-state index in [2.05, 4.69) is 0 Å². The van der Waals surface area contributed by atoms with Crippen LogP contribution in [0.2, 0.25) is 0 Å². The van der Waals surface area contributed by atoms with Gasteiger partial charge in [-0.05, 0) is 25.2 Å². The third kappa shape index (κ3) is 2.11. The molecule has 1 N–H and O–H groups in total. The van der Waals surface area contributed by atoms with Crippen LogP contribution < -0.4 is 0 Å². The van der Waals surface area contributed by atoms with Gasteiger partial charge in [0.15, 0.2) is 0 Å². The number of aliphatic hydroxyl groups excluding tert-OH is 1. The van der Waals surface area contributed by atoms with Crippen molar-refractivity contribution >= 4 is 11.9 Å². The average Bonchev–Trinajstić information content (AvgIpc) is 2.55. The Bertz CT molecular complexity index is 353. The van der Waals surface area contributed by atoms with Crippen LogP contribution in [-0.2, 0) is 19.1 Å². The summed E-state index contributed by atoms with van der Waals surface area (Å²) in [6.07, 6.45) is 0.0320. The number of cyclic esters (lactones) is 1. The molecular weight excluding hydrogens is 236 g/mol. The maximum atomic E-state index is 11.8. The van der Waals surface area contributed by atoms with E-state index in [0.717, 1.165) is 0 Å². The van der Waals surface area contributed by atoms with Gasteiger partial charge in [0.1, 0.15) is 12.2 Å². The van der Waals surface area contributed by atoms with Crippen LogP contribution in [0.15, 0.2) is 0 Å². The third-order valence-electron chi connectivity index (χ3n) is 4.38. The zero-order chi connectivity index (χ0) is 13.4. The molecule has 2 fully saturated rings. The molecule has 102 valence electrons. The molecule has 6 unspecified atom stereocenters. The molecule has 1 saturated heterocycles. The molecule has 6 atom stereocenters. The lowest BCUT2D eigenvalue weighted by Gasteiger charge is -2.41. The first kappa shape index (κ1) is 13.3. The summed E-state index contributed by atoms with van der Waals surface area (Å²) in [6, 6.07) is 0. The summed E-state index contributed by atoms with van der Waals surface area (Å²) in [5, 5.41) is 9.56. The van der Waals surface area contributed by atoms with Crippen molar-refractivity contribution < 1.29 is 24.2 Å². The van der Waals surface area contributed by atoms with Gasteiger partial charge in [0.25, 0.3) is 0 Å². The Kier molecular flexibility index (Phi) is 3.61. The van der Waals surface area contributed by atoms with Crippen LogP contribution >= 0.6 is 0 Å². The minimum absolute atomic E-state index is 0.0128. The molecule has 18 heavy (non-hydrogen) atoms. The highest BCUT2D eigenvalue weighted by atomic mass is 16.6. The summed E-state index contributed by atoms with van der Waals surface area (Å²) in [4.78, 5) is 22.9. The van der Waals surface area contributed by atoms with Crippen LogP contribution in [0.4, 0.5) is 0 Å². The van der Waals surface area contributed by atoms with E-state index in [4.69, 9.17) is 9.47 Å². The summed E-state index contributed by atoms with van der Waals surface area (Å²) >= 11 is 0. The van der Waals surface area contributed by atoms with Gasteiger partial charge in [-0.25, -0.2) is 0 Å². The average molecular weight is 256 g/mol. The molecule has 1 saturated carbocycles. The highest BCUT2D eigenvalue weighted by molar-refractivity contribution is 5.75. The number of ether oxygens (including phenoxy) is 2. The van der Waals surface area contributed by atoms with Crippen LogP contribution in [0, 0.1) is 23.7 Å². The van der Waals surface area contributed by atoms with Crippen molar-refractivity contribution in [3.8, 4) is 0 Å². The first-order valence-corrected chi connectivity index (χ1v) is 6.44. The standard InChI is InChI=1S/C13H20O5/c1-6-10(5-14)12-7(2)17-13(16)9(12)4-11(6)18-8(3)15/h6-7,9-12,14H,4-5H2,1-3H3. The maximum absolute atomic E-state index is 11.8. The maximum Gasteiger partial charge on any atom is 0.309 e. The second-order valence-electron chi connectivity index (χ2n) is 5.41. The van der Waals surface area contributed by atoms with E-state index in [9.17, 15) is 14.7 Å². The minimum atomic E-state index is -0.346. The highest BCUT2D eigenvalue weighted by Gasteiger charge is 2.53. The van der Waals surface area contributed by atoms with E-state index < -0.39 is 0 Å². The molecule has 0 spiro atoms. The van der Waals surface area contributed by atoms with E-state index in [1.54, 1.807) is 0 Å². The number of rotatable bonds is 2. The second-order valence-corrected chi connectivity index (χ2v) is 5.41. The Morgan fingerprint density at radius 3 is 2.72 bits per heavy atom. The molecule has 2 rings (SSSR count). The molecule has 1 aliphatic heterocycles. The van der Waals surface area contributed by atoms with Gasteiger partial charge >= 0.3 is 11.9 Å². The van der Waals surface area contributed by atoms with Gasteiger partial charge < -0.3 is 14.6 Å². The topological polar surface area (TPSA) is 72.8 Å². The van der Waals surface area contributed by atoms with E-state index in [1.807, 2.05) is 13.8 Å². The fraction of sp³-hybridized carbons (Fsp3) is 0.846. The number of hydrogen-bond donors (Lipinski definition) is 1. The molecule has 1 heterocycles. The van der Waals surface area contributed by atoms with Gasteiger partial charge in [-0.3, -0.25) is 9.59 Å². The van der Waals surface area contributed by atoms with Crippen molar-refractivity contribution in [2.24, 2.45) is 23.7 Å². The molecule has 1 aliphatic carbocycles. The largest absolute Gasteiger partial charge is 0.462 e. The quantitative estimate of drug-likeness (QED) is 0.738. The Hall–Kier alpha value is -1.10. The van der Waals surface area contributed by atoms with Crippen molar-refractivity contribution in [1.29, 1.82) is 0 Å². The van der Waals surface area contributed by atoms with Gasteiger partial charge in [-0.15, -0.1) is 0 Å². The Morgan fingerprint density at radius 2 is 2.17 bits per heavy atom. The molecule has 0 radical (unpaired) electrons. The van der Waals surface area contributed by atoms with E-state index in [0.29, 0.717) is 6.42 Å². The normalized spacial score (nSPS) is 43.2. The van der Waals surface area contributed by atoms with Gasteiger partial charge in [0.05, 0.1) is 5.92 Å². The molecule has 0 amide bonds. The number of carbonyl (C=O) groups excluding carboxylic acids is 2. The van der Waals surface area contributed by atoms with Gasteiger partial charge in [-0.1, -0.05) is 6.92 Å². The summed E-state index contributed by atoms with van der Waals surface area (Å²) < 4.78 is 10.5. The highest BCUT2D eigenvalue weighted by Crippen LogP contribution is 2.46. The van der Waals surface area contributed by atoms with Crippen molar-refractivity contribution in [2.75, 3.05) is 6.61 Å². The number of hydrogen-bond acceptors (Lipinski definition) is 5. The van der Waals surface area contributed by atoms with Crippen molar-refractivity contribution in [3.05, 3.63) is 0 Å². The van der Waals surface area contributed by atoms with Gasteiger partial charge in [-0.2, -0.15) is 0 Å². The number of esters is 2. The van der Waals surface area contributed by atoms with Gasteiger partial charge in [0.2, 0.25) is 0 Å². The number of aliphatic hydroxyl groups is 1. The minimum Gasteiger partial charge on any atom is -0.462 e. The fourth-order valence-corrected chi connectivity index (χ4v) is 3.48. The van der Waals surface area contributed by atoms with Crippen LogP contribution in [0.1, 0.15) is 27.2 Å². The zero-order valence-corrected chi connectivity index (χ0v) is 11.0. The van der Waals surface area contributed by atoms with Crippen LogP contribution in [0.3, 0.4) is 0 Å². The fourth-order valence-electron chi connectivity index (χ4n) is 3.48. The Labute approximate surface area is 106 Å². The zero-order valence-electron chi connectivity index (χ0n) is 11.0. The predicted molar refractivity (Wildman–Crippen MR) is 62.4 cm³/mol.